The van der Waals surface area contributed by atoms with Crippen molar-refractivity contribution >= 4 is 0 Å². The molecular weight excluding hydrogens is 219 g/mol. The lowest BCUT2D eigenvalue weighted by atomic mass is 10.0. The standard InChI is InChI=1S/C11H20F3NO/c1-2-15-10(11(12,13)14)7-3-5-9-6-4-8-16-9/h9-10,15H,2-8H2,1H3. The number of nitrogens with one attached hydrogen (secondary N) is 1. The highest BCUT2D eigenvalue weighted by Crippen LogP contribution is 2.25. The van der Waals surface area contributed by atoms with Crippen LogP contribution in [0.2, 0.25) is 0 Å². The van der Waals surface area contributed by atoms with Gasteiger partial charge in [-0.25, -0.2) is 0 Å². The second kappa shape index (κ2) is 6.45. The van der Waals surface area contributed by atoms with Gasteiger partial charge in [-0.3, -0.25) is 0 Å². The summed E-state index contributed by atoms with van der Waals surface area (Å²) in [7, 11) is 0. The minimum atomic E-state index is -4.13. The van der Waals surface area contributed by atoms with Crippen molar-refractivity contribution in [2.75, 3.05) is 13.2 Å². The first kappa shape index (κ1) is 13.8. The molecule has 1 rings (SSSR count). The Hall–Kier alpha value is -0.290. The van der Waals surface area contributed by atoms with Crippen molar-refractivity contribution in [3.05, 3.63) is 0 Å². The van der Waals surface area contributed by atoms with E-state index >= 15 is 0 Å². The van der Waals surface area contributed by atoms with Crippen LogP contribution in [0.4, 0.5) is 13.2 Å². The molecule has 16 heavy (non-hydrogen) atoms. The summed E-state index contributed by atoms with van der Waals surface area (Å²) in [6, 6.07) is -1.36. The van der Waals surface area contributed by atoms with Crippen LogP contribution >= 0.6 is 0 Å². The molecule has 1 fully saturated rings. The van der Waals surface area contributed by atoms with E-state index in [9.17, 15) is 13.2 Å². The molecule has 0 aromatic rings. The molecule has 2 unspecified atom stereocenters. The summed E-state index contributed by atoms with van der Waals surface area (Å²) in [4.78, 5) is 0. The van der Waals surface area contributed by atoms with E-state index < -0.39 is 12.2 Å². The number of rotatable bonds is 6. The molecule has 0 spiro atoms. The molecule has 1 aliphatic heterocycles. The summed E-state index contributed by atoms with van der Waals surface area (Å²) in [6.45, 7) is 2.81. The smallest absolute Gasteiger partial charge is 0.378 e. The number of hydrogen-bond donors (Lipinski definition) is 1. The van der Waals surface area contributed by atoms with E-state index in [0.717, 1.165) is 25.9 Å². The van der Waals surface area contributed by atoms with Gasteiger partial charge in [0.2, 0.25) is 0 Å². The van der Waals surface area contributed by atoms with Crippen LogP contribution in [0.25, 0.3) is 0 Å². The Balaban J connectivity index is 2.21. The molecular formula is C11H20F3NO. The maximum atomic E-state index is 12.5. The van der Waals surface area contributed by atoms with Gasteiger partial charge < -0.3 is 10.1 Å². The van der Waals surface area contributed by atoms with Crippen LogP contribution in [0, 0.1) is 0 Å². The summed E-state index contributed by atoms with van der Waals surface area (Å²) in [5.74, 6) is 0. The van der Waals surface area contributed by atoms with Crippen LogP contribution in [0.15, 0.2) is 0 Å². The number of ether oxygens (including phenoxy) is 1. The Bertz CT molecular complexity index is 190. The lowest BCUT2D eigenvalue weighted by Crippen LogP contribution is -2.42. The van der Waals surface area contributed by atoms with Crippen LogP contribution in [0.3, 0.4) is 0 Å². The van der Waals surface area contributed by atoms with E-state index in [2.05, 4.69) is 5.32 Å². The van der Waals surface area contributed by atoms with Gasteiger partial charge in [0.1, 0.15) is 6.04 Å². The zero-order chi connectivity index (χ0) is 12.0. The van der Waals surface area contributed by atoms with Gasteiger partial charge in [-0.1, -0.05) is 6.92 Å². The predicted molar refractivity (Wildman–Crippen MR) is 56.3 cm³/mol. The summed E-state index contributed by atoms with van der Waals surface area (Å²) in [6.07, 6.45) is -0.433. The Kier molecular flexibility index (Phi) is 5.55. The highest BCUT2D eigenvalue weighted by Gasteiger charge is 2.38. The second-order valence-corrected chi connectivity index (χ2v) is 4.22. The van der Waals surface area contributed by atoms with Crippen LogP contribution < -0.4 is 5.32 Å². The van der Waals surface area contributed by atoms with Gasteiger partial charge in [-0.05, 0) is 38.6 Å². The average Bonchev–Trinajstić information content (AvgIpc) is 2.67. The van der Waals surface area contributed by atoms with Crippen molar-refractivity contribution in [3.63, 3.8) is 0 Å². The van der Waals surface area contributed by atoms with Crippen molar-refractivity contribution in [3.8, 4) is 0 Å². The Morgan fingerprint density at radius 3 is 2.69 bits per heavy atom. The molecule has 0 saturated carbocycles. The molecule has 0 aromatic heterocycles. The van der Waals surface area contributed by atoms with Crippen molar-refractivity contribution in [1.29, 1.82) is 0 Å². The predicted octanol–water partition coefficient (Wildman–Crippen LogP) is 2.88. The van der Waals surface area contributed by atoms with Crippen molar-refractivity contribution < 1.29 is 17.9 Å². The molecule has 0 amide bonds. The zero-order valence-electron chi connectivity index (χ0n) is 9.65. The highest BCUT2D eigenvalue weighted by atomic mass is 19.4. The van der Waals surface area contributed by atoms with Crippen molar-refractivity contribution in [1.82, 2.24) is 5.32 Å². The number of alkyl halides is 3. The van der Waals surface area contributed by atoms with Gasteiger partial charge in [0.25, 0.3) is 0 Å². The van der Waals surface area contributed by atoms with Crippen LogP contribution in [0.1, 0.15) is 39.0 Å². The lowest BCUT2D eigenvalue weighted by molar-refractivity contribution is -0.157. The van der Waals surface area contributed by atoms with Crippen molar-refractivity contribution in [2.24, 2.45) is 0 Å². The molecule has 1 heterocycles. The van der Waals surface area contributed by atoms with E-state index in [0.29, 0.717) is 13.0 Å². The molecule has 5 heteroatoms. The van der Waals surface area contributed by atoms with Gasteiger partial charge in [0, 0.05) is 6.61 Å². The molecule has 0 aromatic carbocycles. The van der Waals surface area contributed by atoms with Crippen LogP contribution in [0.5, 0.6) is 0 Å². The first-order valence-electron chi connectivity index (χ1n) is 5.95. The van der Waals surface area contributed by atoms with E-state index in [1.807, 2.05) is 0 Å². The fourth-order valence-corrected chi connectivity index (χ4v) is 2.05. The molecule has 1 N–H and O–H groups in total. The van der Waals surface area contributed by atoms with E-state index in [-0.39, 0.29) is 12.5 Å². The van der Waals surface area contributed by atoms with Gasteiger partial charge in [-0.2, -0.15) is 13.2 Å². The molecule has 96 valence electrons. The third-order valence-corrected chi connectivity index (χ3v) is 2.89. The minimum Gasteiger partial charge on any atom is -0.378 e. The third-order valence-electron chi connectivity index (χ3n) is 2.89. The van der Waals surface area contributed by atoms with Crippen LogP contribution in [-0.4, -0.2) is 31.5 Å². The normalized spacial score (nSPS) is 23.6. The molecule has 0 bridgehead atoms. The Labute approximate surface area is 94.5 Å². The van der Waals surface area contributed by atoms with Crippen molar-refractivity contribution in [2.45, 2.75) is 57.3 Å². The zero-order valence-corrected chi connectivity index (χ0v) is 9.65. The fraction of sp³-hybridized carbons (Fsp3) is 1.00. The highest BCUT2D eigenvalue weighted by molar-refractivity contribution is 4.75. The first-order valence-corrected chi connectivity index (χ1v) is 5.95. The van der Waals surface area contributed by atoms with Gasteiger partial charge in [-0.15, -0.1) is 0 Å². The molecule has 2 atom stereocenters. The summed E-state index contributed by atoms with van der Waals surface area (Å²) in [5.41, 5.74) is 0. The number of halogens is 3. The molecule has 0 radical (unpaired) electrons. The first-order chi connectivity index (χ1) is 7.54. The topological polar surface area (TPSA) is 21.3 Å². The fourth-order valence-electron chi connectivity index (χ4n) is 2.05. The molecule has 1 saturated heterocycles. The maximum Gasteiger partial charge on any atom is 0.403 e. The second-order valence-electron chi connectivity index (χ2n) is 4.22. The quantitative estimate of drug-likeness (QED) is 0.769. The summed E-state index contributed by atoms with van der Waals surface area (Å²) < 4.78 is 42.9. The van der Waals surface area contributed by atoms with Gasteiger partial charge >= 0.3 is 6.18 Å². The van der Waals surface area contributed by atoms with Gasteiger partial charge in [0.05, 0.1) is 6.10 Å². The Morgan fingerprint density at radius 1 is 1.44 bits per heavy atom. The average molecular weight is 239 g/mol. The third kappa shape index (κ3) is 4.70. The SMILES string of the molecule is CCNC(CCCC1CCCO1)C(F)(F)F. The van der Waals surface area contributed by atoms with E-state index in [1.165, 1.54) is 0 Å². The van der Waals surface area contributed by atoms with Gasteiger partial charge in [0.15, 0.2) is 0 Å². The summed E-state index contributed by atoms with van der Waals surface area (Å²) >= 11 is 0. The maximum absolute atomic E-state index is 12.5. The largest absolute Gasteiger partial charge is 0.403 e. The molecule has 0 aliphatic carbocycles. The Morgan fingerprint density at radius 2 is 2.19 bits per heavy atom. The molecule has 1 aliphatic rings. The summed E-state index contributed by atoms with van der Waals surface area (Å²) in [5, 5.41) is 2.48. The van der Waals surface area contributed by atoms with Crippen LogP contribution in [-0.2, 0) is 4.74 Å². The molecule has 2 nitrogen and oxygen atoms in total. The minimum absolute atomic E-state index is 0.150. The number of hydrogen-bond acceptors (Lipinski definition) is 2. The monoisotopic (exact) mass is 239 g/mol. The van der Waals surface area contributed by atoms with E-state index in [4.69, 9.17) is 4.74 Å². The lowest BCUT2D eigenvalue weighted by Gasteiger charge is -2.21. The van der Waals surface area contributed by atoms with E-state index in [1.54, 1.807) is 6.92 Å².